The Labute approximate surface area is 113 Å². The van der Waals surface area contributed by atoms with Gasteiger partial charge < -0.3 is 10.1 Å². The van der Waals surface area contributed by atoms with Crippen LogP contribution in [0.1, 0.15) is 30.4 Å². The fourth-order valence-corrected chi connectivity index (χ4v) is 2.30. The second-order valence-corrected chi connectivity index (χ2v) is 5.25. The van der Waals surface area contributed by atoms with Crippen molar-refractivity contribution in [3.8, 4) is 5.75 Å². The normalized spacial score (nSPS) is 16.6. The van der Waals surface area contributed by atoms with Crippen LogP contribution in [0, 0.1) is 5.92 Å². The number of carbonyl (C=O) groups is 1. The monoisotopic (exact) mass is 257 g/mol. The van der Waals surface area contributed by atoms with Gasteiger partial charge in [0.05, 0.1) is 0 Å². The minimum Gasteiger partial charge on any atom is -0.489 e. The zero-order valence-corrected chi connectivity index (χ0v) is 11.0. The van der Waals surface area contributed by atoms with Gasteiger partial charge in [-0.2, -0.15) is 0 Å². The lowest BCUT2D eigenvalue weighted by Gasteiger charge is -2.13. The van der Waals surface area contributed by atoms with Gasteiger partial charge in [-0.05, 0) is 43.4 Å². The summed E-state index contributed by atoms with van der Waals surface area (Å²) in [6, 6.07) is 6.35. The zero-order valence-electron chi connectivity index (χ0n) is 11.0. The first-order valence-corrected chi connectivity index (χ1v) is 7.03. The maximum Gasteiger partial charge on any atom is 0.223 e. The highest BCUT2D eigenvalue weighted by molar-refractivity contribution is 5.80. The topological polar surface area (TPSA) is 38.3 Å². The molecule has 0 saturated heterocycles. The highest BCUT2D eigenvalue weighted by atomic mass is 16.5. The standard InChI is InChI=1S/C16H19NO2/c18-16(14-7-8-14)17-9-1-3-12-5-6-13-4-2-10-19-15(13)11-12/h2,4-6,11,14H,1,3,7-10H2,(H,17,18). The molecule has 0 radical (unpaired) electrons. The van der Waals surface area contributed by atoms with Crippen molar-refractivity contribution in [1.29, 1.82) is 0 Å². The van der Waals surface area contributed by atoms with Crippen LogP contribution in [-0.4, -0.2) is 19.1 Å². The lowest BCUT2D eigenvalue weighted by Crippen LogP contribution is -2.26. The van der Waals surface area contributed by atoms with Gasteiger partial charge >= 0.3 is 0 Å². The summed E-state index contributed by atoms with van der Waals surface area (Å²) in [6.45, 7) is 1.43. The molecule has 1 saturated carbocycles. The number of nitrogens with one attached hydrogen (secondary N) is 1. The molecule has 1 fully saturated rings. The molecule has 3 rings (SSSR count). The Hall–Kier alpha value is -1.77. The zero-order chi connectivity index (χ0) is 13.1. The predicted molar refractivity (Wildman–Crippen MR) is 75.0 cm³/mol. The summed E-state index contributed by atoms with van der Waals surface area (Å²) in [4.78, 5) is 11.5. The van der Waals surface area contributed by atoms with Gasteiger partial charge in [0.15, 0.2) is 0 Å². The van der Waals surface area contributed by atoms with E-state index in [0.717, 1.165) is 43.5 Å². The Kier molecular flexibility index (Phi) is 3.53. The Morgan fingerprint density at radius 3 is 3.11 bits per heavy atom. The van der Waals surface area contributed by atoms with Crippen LogP contribution in [-0.2, 0) is 11.2 Å². The first-order chi connectivity index (χ1) is 9.33. The highest BCUT2D eigenvalue weighted by Crippen LogP contribution is 2.28. The van der Waals surface area contributed by atoms with Gasteiger partial charge in [-0.1, -0.05) is 18.2 Å². The van der Waals surface area contributed by atoms with E-state index in [4.69, 9.17) is 4.74 Å². The number of ether oxygens (including phenoxy) is 1. The highest BCUT2D eigenvalue weighted by Gasteiger charge is 2.28. The van der Waals surface area contributed by atoms with Gasteiger partial charge in [-0.25, -0.2) is 0 Å². The fourth-order valence-electron chi connectivity index (χ4n) is 2.30. The number of hydrogen-bond donors (Lipinski definition) is 1. The Morgan fingerprint density at radius 2 is 2.26 bits per heavy atom. The Morgan fingerprint density at radius 1 is 1.37 bits per heavy atom. The molecule has 1 aliphatic carbocycles. The number of benzene rings is 1. The SMILES string of the molecule is O=C(NCCCc1ccc2c(c1)OCC=C2)C1CC1. The van der Waals surface area contributed by atoms with Gasteiger partial charge in [-0.15, -0.1) is 0 Å². The third-order valence-electron chi connectivity index (χ3n) is 3.60. The van der Waals surface area contributed by atoms with Crippen molar-refractivity contribution >= 4 is 12.0 Å². The lowest BCUT2D eigenvalue weighted by molar-refractivity contribution is -0.122. The number of hydrogen-bond acceptors (Lipinski definition) is 2. The summed E-state index contributed by atoms with van der Waals surface area (Å²) in [5.41, 5.74) is 2.42. The number of amides is 1. The minimum absolute atomic E-state index is 0.235. The molecular weight excluding hydrogens is 238 g/mol. The molecule has 19 heavy (non-hydrogen) atoms. The van der Waals surface area contributed by atoms with E-state index in [2.05, 4.69) is 29.6 Å². The summed E-state index contributed by atoms with van der Waals surface area (Å²) in [7, 11) is 0. The molecule has 0 spiro atoms. The van der Waals surface area contributed by atoms with Crippen molar-refractivity contribution in [2.24, 2.45) is 5.92 Å². The minimum atomic E-state index is 0.235. The summed E-state index contributed by atoms with van der Waals surface area (Å²) < 4.78 is 5.59. The predicted octanol–water partition coefficient (Wildman–Crippen LogP) is 2.55. The molecule has 0 unspecified atom stereocenters. The summed E-state index contributed by atoms with van der Waals surface area (Å²) in [5.74, 6) is 1.52. The summed E-state index contributed by atoms with van der Waals surface area (Å²) in [5, 5.41) is 3.00. The van der Waals surface area contributed by atoms with Crippen LogP contribution in [0.4, 0.5) is 0 Å². The van der Waals surface area contributed by atoms with Gasteiger partial charge in [0.25, 0.3) is 0 Å². The second kappa shape index (κ2) is 5.47. The van der Waals surface area contributed by atoms with E-state index < -0.39 is 0 Å². The van der Waals surface area contributed by atoms with E-state index in [1.54, 1.807) is 0 Å². The van der Waals surface area contributed by atoms with Crippen LogP contribution < -0.4 is 10.1 Å². The molecule has 3 heteroatoms. The Bertz CT molecular complexity index is 503. The third kappa shape index (κ3) is 3.16. The average Bonchev–Trinajstić information content (AvgIpc) is 3.28. The largest absolute Gasteiger partial charge is 0.489 e. The smallest absolute Gasteiger partial charge is 0.223 e. The lowest BCUT2D eigenvalue weighted by atomic mass is 10.0. The molecule has 100 valence electrons. The molecule has 0 bridgehead atoms. The maximum absolute atomic E-state index is 11.5. The van der Waals surface area contributed by atoms with Gasteiger partial charge in [0, 0.05) is 18.0 Å². The van der Waals surface area contributed by atoms with Crippen LogP contribution in [0.2, 0.25) is 0 Å². The quantitative estimate of drug-likeness (QED) is 0.823. The molecule has 1 aromatic rings. The Balaban J connectivity index is 1.47. The average molecular weight is 257 g/mol. The molecule has 3 nitrogen and oxygen atoms in total. The van der Waals surface area contributed by atoms with E-state index in [1.807, 2.05) is 6.08 Å². The molecule has 2 aliphatic rings. The molecule has 0 atom stereocenters. The number of carbonyl (C=O) groups excluding carboxylic acids is 1. The van der Waals surface area contributed by atoms with Crippen molar-refractivity contribution < 1.29 is 9.53 Å². The van der Waals surface area contributed by atoms with Crippen LogP contribution >= 0.6 is 0 Å². The van der Waals surface area contributed by atoms with Gasteiger partial charge in [0.1, 0.15) is 12.4 Å². The van der Waals surface area contributed by atoms with Crippen molar-refractivity contribution in [2.45, 2.75) is 25.7 Å². The van der Waals surface area contributed by atoms with E-state index in [1.165, 1.54) is 5.56 Å². The summed E-state index contributed by atoms with van der Waals surface area (Å²) >= 11 is 0. The van der Waals surface area contributed by atoms with Crippen LogP contribution in [0.25, 0.3) is 6.08 Å². The van der Waals surface area contributed by atoms with Crippen molar-refractivity contribution in [1.82, 2.24) is 5.32 Å². The summed E-state index contributed by atoms with van der Waals surface area (Å²) in [6.07, 6.45) is 8.22. The maximum atomic E-state index is 11.5. The molecule has 1 heterocycles. The molecule has 0 aromatic heterocycles. The van der Waals surface area contributed by atoms with Crippen molar-refractivity contribution in [2.75, 3.05) is 13.2 Å². The van der Waals surface area contributed by atoms with Crippen LogP contribution in [0.5, 0.6) is 5.75 Å². The third-order valence-corrected chi connectivity index (χ3v) is 3.60. The van der Waals surface area contributed by atoms with Crippen LogP contribution in [0.3, 0.4) is 0 Å². The molecule has 1 amide bonds. The van der Waals surface area contributed by atoms with Crippen LogP contribution in [0.15, 0.2) is 24.3 Å². The van der Waals surface area contributed by atoms with E-state index >= 15 is 0 Å². The molecule has 1 aromatic carbocycles. The number of rotatable bonds is 5. The first kappa shape index (κ1) is 12.3. The van der Waals surface area contributed by atoms with E-state index in [-0.39, 0.29) is 5.91 Å². The second-order valence-electron chi connectivity index (χ2n) is 5.25. The molecular formula is C16H19NO2. The van der Waals surface area contributed by atoms with Gasteiger partial charge in [0.2, 0.25) is 5.91 Å². The fraction of sp³-hybridized carbons (Fsp3) is 0.438. The van der Waals surface area contributed by atoms with Crippen molar-refractivity contribution in [3.05, 3.63) is 35.4 Å². The first-order valence-electron chi connectivity index (χ1n) is 7.03. The molecule has 1 aliphatic heterocycles. The van der Waals surface area contributed by atoms with Gasteiger partial charge in [-0.3, -0.25) is 4.79 Å². The van der Waals surface area contributed by atoms with Crippen molar-refractivity contribution in [3.63, 3.8) is 0 Å². The van der Waals surface area contributed by atoms with E-state index in [0.29, 0.717) is 12.5 Å². The number of fused-ring (bicyclic) bond motifs is 1. The number of aryl methyl sites for hydroxylation is 1. The molecule has 1 N–H and O–H groups in total. The van der Waals surface area contributed by atoms with E-state index in [9.17, 15) is 4.79 Å².